The number of rotatable bonds is 3. The van der Waals surface area contributed by atoms with Crippen molar-refractivity contribution in [2.45, 2.75) is 32.9 Å². The van der Waals surface area contributed by atoms with Crippen molar-refractivity contribution >= 4 is 5.84 Å². The SMILES string of the molecule is CC1(C)CCN(CC(C(=N)N)C(F)(F)F)CC1. The number of alkyl halides is 3. The summed E-state index contributed by atoms with van der Waals surface area (Å²) >= 11 is 0. The summed E-state index contributed by atoms with van der Waals surface area (Å²) in [6.45, 7) is 5.35. The topological polar surface area (TPSA) is 53.1 Å². The lowest BCUT2D eigenvalue weighted by Gasteiger charge is -2.38. The molecule has 0 saturated carbocycles. The van der Waals surface area contributed by atoms with Crippen molar-refractivity contribution in [3.63, 3.8) is 0 Å². The second kappa shape index (κ2) is 4.84. The first-order valence-corrected chi connectivity index (χ1v) is 5.75. The molecular formula is C11H20F3N3. The van der Waals surface area contributed by atoms with E-state index < -0.39 is 17.9 Å². The largest absolute Gasteiger partial charge is 0.399 e. The Morgan fingerprint density at radius 2 is 1.82 bits per heavy atom. The molecule has 1 heterocycles. The average Bonchev–Trinajstić information content (AvgIpc) is 2.13. The highest BCUT2D eigenvalue weighted by Gasteiger charge is 2.43. The number of likely N-dealkylation sites (tertiary alicyclic amines) is 1. The average molecular weight is 251 g/mol. The molecule has 0 spiro atoms. The maximum Gasteiger partial charge on any atom is 0.399 e. The van der Waals surface area contributed by atoms with Crippen molar-refractivity contribution in [3.8, 4) is 0 Å². The lowest BCUT2D eigenvalue weighted by atomic mass is 9.82. The number of amidine groups is 1. The Morgan fingerprint density at radius 1 is 1.35 bits per heavy atom. The van der Waals surface area contributed by atoms with E-state index in [-0.39, 0.29) is 12.0 Å². The molecule has 3 nitrogen and oxygen atoms in total. The fraction of sp³-hybridized carbons (Fsp3) is 0.909. The van der Waals surface area contributed by atoms with Crippen molar-refractivity contribution in [2.24, 2.45) is 17.1 Å². The molecule has 1 fully saturated rings. The molecule has 1 atom stereocenters. The van der Waals surface area contributed by atoms with Crippen LogP contribution in [0, 0.1) is 16.7 Å². The molecule has 1 rings (SSSR count). The Balaban J connectivity index is 2.56. The molecule has 1 aliphatic rings. The van der Waals surface area contributed by atoms with Crippen molar-refractivity contribution in [2.75, 3.05) is 19.6 Å². The molecule has 0 aliphatic carbocycles. The Kier molecular flexibility index (Phi) is 4.06. The minimum Gasteiger partial charge on any atom is -0.387 e. The van der Waals surface area contributed by atoms with E-state index in [1.807, 2.05) is 0 Å². The first-order chi connectivity index (χ1) is 7.62. The van der Waals surface area contributed by atoms with Gasteiger partial charge in [0.25, 0.3) is 0 Å². The highest BCUT2D eigenvalue weighted by Crippen LogP contribution is 2.32. The Bertz CT molecular complexity index is 276. The van der Waals surface area contributed by atoms with Gasteiger partial charge in [-0.05, 0) is 31.3 Å². The maximum absolute atomic E-state index is 12.6. The first kappa shape index (κ1) is 14.3. The molecule has 100 valence electrons. The standard InChI is InChI=1S/C11H20F3N3/c1-10(2)3-5-17(6-4-10)7-8(9(15)16)11(12,13)14/h8H,3-7H2,1-2H3,(H3,15,16). The van der Waals surface area contributed by atoms with E-state index in [9.17, 15) is 13.2 Å². The van der Waals surface area contributed by atoms with Gasteiger partial charge in [0.1, 0.15) is 11.8 Å². The molecule has 1 aliphatic heterocycles. The van der Waals surface area contributed by atoms with E-state index in [0.29, 0.717) is 13.1 Å². The smallest absolute Gasteiger partial charge is 0.387 e. The van der Waals surface area contributed by atoms with Crippen molar-refractivity contribution in [1.82, 2.24) is 4.90 Å². The van der Waals surface area contributed by atoms with E-state index in [0.717, 1.165) is 12.8 Å². The molecule has 0 aromatic carbocycles. The van der Waals surface area contributed by atoms with E-state index in [1.54, 1.807) is 4.90 Å². The van der Waals surface area contributed by atoms with Gasteiger partial charge in [-0.1, -0.05) is 13.8 Å². The first-order valence-electron chi connectivity index (χ1n) is 5.75. The van der Waals surface area contributed by atoms with Crippen LogP contribution in [0.5, 0.6) is 0 Å². The van der Waals surface area contributed by atoms with Gasteiger partial charge in [-0.25, -0.2) is 0 Å². The third-order valence-electron chi connectivity index (χ3n) is 3.42. The molecule has 0 aromatic rings. The third kappa shape index (κ3) is 4.18. The summed E-state index contributed by atoms with van der Waals surface area (Å²) in [5.74, 6) is -2.62. The summed E-state index contributed by atoms with van der Waals surface area (Å²) in [7, 11) is 0. The number of hydrogen-bond acceptors (Lipinski definition) is 2. The second-order valence-corrected chi connectivity index (χ2v) is 5.51. The lowest BCUT2D eigenvalue weighted by molar-refractivity contribution is -0.161. The molecule has 0 bridgehead atoms. The molecular weight excluding hydrogens is 231 g/mol. The van der Waals surface area contributed by atoms with Crippen LogP contribution in [0.3, 0.4) is 0 Å². The van der Waals surface area contributed by atoms with E-state index >= 15 is 0 Å². The fourth-order valence-electron chi connectivity index (χ4n) is 1.98. The molecule has 1 saturated heterocycles. The van der Waals surface area contributed by atoms with Crippen LogP contribution in [0.4, 0.5) is 13.2 Å². The van der Waals surface area contributed by atoms with Gasteiger partial charge in [0.2, 0.25) is 0 Å². The molecule has 6 heteroatoms. The summed E-state index contributed by atoms with van der Waals surface area (Å²) in [4.78, 5) is 1.75. The molecule has 0 radical (unpaired) electrons. The van der Waals surface area contributed by atoms with Crippen LogP contribution >= 0.6 is 0 Å². The zero-order valence-corrected chi connectivity index (χ0v) is 10.3. The lowest BCUT2D eigenvalue weighted by Crippen LogP contribution is -2.47. The number of nitrogens with one attached hydrogen (secondary N) is 1. The van der Waals surface area contributed by atoms with Crippen LogP contribution in [0.2, 0.25) is 0 Å². The number of hydrogen-bond donors (Lipinski definition) is 2. The van der Waals surface area contributed by atoms with Crippen LogP contribution in [0.1, 0.15) is 26.7 Å². The fourth-order valence-corrected chi connectivity index (χ4v) is 1.98. The van der Waals surface area contributed by atoms with Gasteiger partial charge in [0.15, 0.2) is 0 Å². The van der Waals surface area contributed by atoms with Gasteiger partial charge in [-0.15, -0.1) is 0 Å². The van der Waals surface area contributed by atoms with Gasteiger partial charge in [-0.2, -0.15) is 13.2 Å². The number of halogens is 3. The molecule has 17 heavy (non-hydrogen) atoms. The van der Waals surface area contributed by atoms with Gasteiger partial charge >= 0.3 is 6.18 Å². The van der Waals surface area contributed by atoms with Crippen LogP contribution < -0.4 is 5.73 Å². The molecule has 1 unspecified atom stereocenters. The molecule has 0 aromatic heterocycles. The van der Waals surface area contributed by atoms with E-state index in [1.165, 1.54) is 0 Å². The van der Waals surface area contributed by atoms with Crippen LogP contribution in [-0.4, -0.2) is 36.5 Å². The minimum atomic E-state index is -4.42. The Morgan fingerprint density at radius 3 is 2.18 bits per heavy atom. The molecule has 0 amide bonds. The maximum atomic E-state index is 12.6. The predicted octanol–water partition coefficient (Wildman–Crippen LogP) is 2.22. The number of nitrogens with two attached hydrogens (primary N) is 1. The zero-order valence-electron chi connectivity index (χ0n) is 10.3. The zero-order chi connectivity index (χ0) is 13.3. The van der Waals surface area contributed by atoms with Gasteiger partial charge in [-0.3, -0.25) is 5.41 Å². The van der Waals surface area contributed by atoms with E-state index in [4.69, 9.17) is 11.1 Å². The van der Waals surface area contributed by atoms with Crippen molar-refractivity contribution < 1.29 is 13.2 Å². The summed E-state index contributed by atoms with van der Waals surface area (Å²) in [5.41, 5.74) is 5.24. The molecule has 3 N–H and O–H groups in total. The highest BCUT2D eigenvalue weighted by molar-refractivity contribution is 5.80. The number of nitrogens with zero attached hydrogens (tertiary/aromatic N) is 1. The quantitative estimate of drug-likeness (QED) is 0.597. The summed E-state index contributed by atoms with van der Waals surface area (Å²) in [5, 5.41) is 7.03. The second-order valence-electron chi connectivity index (χ2n) is 5.51. The van der Waals surface area contributed by atoms with Crippen molar-refractivity contribution in [3.05, 3.63) is 0 Å². The van der Waals surface area contributed by atoms with Gasteiger partial charge in [0, 0.05) is 6.54 Å². The summed E-state index contributed by atoms with van der Waals surface area (Å²) < 4.78 is 37.9. The third-order valence-corrected chi connectivity index (χ3v) is 3.42. The monoisotopic (exact) mass is 251 g/mol. The summed E-state index contributed by atoms with van der Waals surface area (Å²) in [6, 6.07) is 0. The van der Waals surface area contributed by atoms with Crippen LogP contribution in [0.25, 0.3) is 0 Å². The number of piperidine rings is 1. The minimum absolute atomic E-state index is 0.186. The normalized spacial score (nSPS) is 23.4. The Labute approximate surface area is 99.7 Å². The predicted molar refractivity (Wildman–Crippen MR) is 60.9 cm³/mol. The van der Waals surface area contributed by atoms with E-state index in [2.05, 4.69) is 13.8 Å². The van der Waals surface area contributed by atoms with Crippen LogP contribution in [0.15, 0.2) is 0 Å². The van der Waals surface area contributed by atoms with Crippen LogP contribution in [-0.2, 0) is 0 Å². The van der Waals surface area contributed by atoms with Gasteiger partial charge in [0.05, 0.1) is 0 Å². The van der Waals surface area contributed by atoms with Gasteiger partial charge < -0.3 is 10.6 Å². The Hall–Kier alpha value is -0.780. The summed E-state index contributed by atoms with van der Waals surface area (Å²) in [6.07, 6.45) is -2.65. The highest BCUT2D eigenvalue weighted by atomic mass is 19.4. The van der Waals surface area contributed by atoms with Crippen molar-refractivity contribution in [1.29, 1.82) is 5.41 Å².